The smallest absolute Gasteiger partial charge is 0.214 e. The average molecular weight is 389 g/mol. The first-order valence-corrected chi connectivity index (χ1v) is 10.8. The first-order chi connectivity index (χ1) is 12.4. The van der Waals surface area contributed by atoms with Gasteiger partial charge in [-0.05, 0) is 60.5 Å². The lowest BCUT2D eigenvalue weighted by molar-refractivity contribution is 0.597. The number of tetrazole rings is 1. The van der Waals surface area contributed by atoms with Crippen molar-refractivity contribution in [2.45, 2.75) is 30.8 Å². The van der Waals surface area contributed by atoms with Crippen LogP contribution < -0.4 is 0 Å². The van der Waals surface area contributed by atoms with Gasteiger partial charge in [0.05, 0.1) is 16.3 Å². The Morgan fingerprint density at radius 2 is 1.69 bits per heavy atom. The van der Waals surface area contributed by atoms with Crippen LogP contribution in [0.2, 0.25) is 0 Å². The first kappa shape index (κ1) is 18.6. The Bertz CT molecular complexity index is 1010. The number of hydrogen-bond donors (Lipinski definition) is 0. The Kier molecular flexibility index (Phi) is 5.43. The van der Waals surface area contributed by atoms with E-state index in [9.17, 15) is 8.42 Å². The van der Waals surface area contributed by atoms with Crippen LogP contribution in [0.5, 0.6) is 0 Å². The number of aromatic nitrogens is 4. The van der Waals surface area contributed by atoms with Crippen LogP contribution >= 0.6 is 11.8 Å². The van der Waals surface area contributed by atoms with Crippen molar-refractivity contribution in [3.8, 4) is 5.69 Å². The van der Waals surface area contributed by atoms with E-state index < -0.39 is 9.84 Å². The van der Waals surface area contributed by atoms with Crippen LogP contribution in [-0.2, 0) is 9.84 Å². The van der Waals surface area contributed by atoms with Crippen molar-refractivity contribution in [1.29, 1.82) is 0 Å². The summed E-state index contributed by atoms with van der Waals surface area (Å²) < 4.78 is 26.9. The molecule has 0 aliphatic heterocycles. The molecule has 26 heavy (non-hydrogen) atoms. The Balaban J connectivity index is 1.72. The minimum atomic E-state index is -3.35. The maximum absolute atomic E-state index is 12.7. The van der Waals surface area contributed by atoms with Gasteiger partial charge in [0.15, 0.2) is 9.84 Å². The van der Waals surface area contributed by atoms with E-state index >= 15 is 0 Å². The number of benzene rings is 2. The van der Waals surface area contributed by atoms with Gasteiger partial charge in [0.25, 0.3) is 0 Å². The molecule has 6 nitrogen and oxygen atoms in total. The predicted molar refractivity (Wildman–Crippen MR) is 103 cm³/mol. The molecule has 0 unspecified atom stereocenters. The fourth-order valence-electron chi connectivity index (χ4n) is 2.51. The van der Waals surface area contributed by atoms with Gasteiger partial charge in [-0.25, -0.2) is 8.42 Å². The summed E-state index contributed by atoms with van der Waals surface area (Å²) in [5, 5.41) is 12.3. The normalized spacial score (nSPS) is 11.7. The van der Waals surface area contributed by atoms with Crippen LogP contribution in [0, 0.1) is 20.8 Å². The van der Waals surface area contributed by atoms with E-state index in [0.29, 0.717) is 15.8 Å². The summed E-state index contributed by atoms with van der Waals surface area (Å²) in [6, 6.07) is 13.3. The van der Waals surface area contributed by atoms with Crippen LogP contribution in [0.25, 0.3) is 5.69 Å². The summed E-state index contributed by atoms with van der Waals surface area (Å²) in [7, 11) is -3.35. The zero-order valence-corrected chi connectivity index (χ0v) is 16.5. The van der Waals surface area contributed by atoms with Gasteiger partial charge in [-0.3, -0.25) is 0 Å². The number of thioether (sulfide) groups is 1. The third-order valence-corrected chi connectivity index (χ3v) is 7.01. The standard InChI is InChI=1S/C18H20N4O2S2/c1-13-5-8-16(9-6-13)22-18(19-20-21-22)25-10-11-26(23,24)17-12-14(2)4-7-15(17)3/h4-9,12H,10-11H2,1-3H3. The number of aryl methyl sites for hydroxylation is 3. The second-order valence-corrected chi connectivity index (χ2v) is 9.28. The highest BCUT2D eigenvalue weighted by Crippen LogP contribution is 2.22. The van der Waals surface area contributed by atoms with Crippen molar-refractivity contribution in [2.75, 3.05) is 11.5 Å². The molecule has 0 N–H and O–H groups in total. The molecule has 136 valence electrons. The fourth-order valence-corrected chi connectivity index (χ4v) is 5.41. The molecule has 8 heteroatoms. The molecular formula is C18H20N4O2S2. The summed E-state index contributed by atoms with van der Waals surface area (Å²) in [5.41, 5.74) is 3.70. The maximum Gasteiger partial charge on any atom is 0.214 e. The molecule has 0 radical (unpaired) electrons. The van der Waals surface area contributed by atoms with Crippen molar-refractivity contribution in [2.24, 2.45) is 0 Å². The Morgan fingerprint density at radius 3 is 2.42 bits per heavy atom. The van der Waals surface area contributed by atoms with Gasteiger partial charge in [0, 0.05) is 5.75 Å². The molecule has 0 aliphatic carbocycles. The zero-order chi connectivity index (χ0) is 18.7. The van der Waals surface area contributed by atoms with Gasteiger partial charge in [-0.2, -0.15) is 4.68 Å². The van der Waals surface area contributed by atoms with Gasteiger partial charge in [0.1, 0.15) is 0 Å². The lowest BCUT2D eigenvalue weighted by Crippen LogP contribution is -2.11. The fraction of sp³-hybridized carbons (Fsp3) is 0.278. The minimum Gasteiger partial charge on any atom is -0.224 e. The van der Waals surface area contributed by atoms with Gasteiger partial charge in [0.2, 0.25) is 5.16 Å². The number of nitrogens with zero attached hydrogens (tertiary/aromatic N) is 4. The molecule has 0 saturated carbocycles. The summed E-state index contributed by atoms with van der Waals surface area (Å²) in [5.74, 6) is 0.407. The minimum absolute atomic E-state index is 0.0305. The maximum atomic E-state index is 12.7. The largest absolute Gasteiger partial charge is 0.224 e. The lowest BCUT2D eigenvalue weighted by Gasteiger charge is -2.09. The summed E-state index contributed by atoms with van der Waals surface area (Å²) >= 11 is 1.33. The highest BCUT2D eigenvalue weighted by atomic mass is 32.2. The molecular weight excluding hydrogens is 368 g/mol. The highest BCUT2D eigenvalue weighted by molar-refractivity contribution is 8.00. The van der Waals surface area contributed by atoms with Crippen LogP contribution in [0.4, 0.5) is 0 Å². The number of rotatable bonds is 6. The van der Waals surface area contributed by atoms with Gasteiger partial charge in [-0.1, -0.05) is 41.6 Å². The third-order valence-electron chi connectivity index (χ3n) is 3.98. The Labute approximate surface area is 157 Å². The van der Waals surface area contributed by atoms with Gasteiger partial charge >= 0.3 is 0 Å². The first-order valence-electron chi connectivity index (χ1n) is 8.15. The monoisotopic (exact) mass is 388 g/mol. The van der Waals surface area contributed by atoms with Crippen molar-refractivity contribution in [3.05, 3.63) is 59.2 Å². The quantitative estimate of drug-likeness (QED) is 0.604. The number of sulfone groups is 1. The van der Waals surface area contributed by atoms with E-state index in [2.05, 4.69) is 15.5 Å². The second-order valence-electron chi connectivity index (χ2n) is 6.15. The van der Waals surface area contributed by atoms with Crippen LogP contribution in [0.15, 0.2) is 52.5 Å². The van der Waals surface area contributed by atoms with E-state index in [0.717, 1.165) is 22.4 Å². The summed E-state index contributed by atoms with van der Waals surface area (Å²) in [6.07, 6.45) is 0. The molecule has 0 amide bonds. The van der Waals surface area contributed by atoms with Crippen LogP contribution in [0.1, 0.15) is 16.7 Å². The second kappa shape index (κ2) is 7.59. The molecule has 3 aromatic rings. The lowest BCUT2D eigenvalue weighted by atomic mass is 10.2. The van der Waals surface area contributed by atoms with E-state index in [4.69, 9.17) is 0 Å². The van der Waals surface area contributed by atoms with Crippen molar-refractivity contribution < 1.29 is 8.42 Å². The molecule has 3 rings (SSSR count). The summed E-state index contributed by atoms with van der Waals surface area (Å²) in [4.78, 5) is 0.399. The zero-order valence-electron chi connectivity index (χ0n) is 14.9. The molecule has 0 atom stereocenters. The molecule has 0 aliphatic rings. The molecule has 0 saturated heterocycles. The molecule has 1 heterocycles. The number of hydrogen-bond acceptors (Lipinski definition) is 6. The molecule has 1 aromatic heterocycles. The van der Waals surface area contributed by atoms with E-state index in [1.165, 1.54) is 11.8 Å². The van der Waals surface area contributed by atoms with E-state index in [1.54, 1.807) is 10.7 Å². The molecule has 0 spiro atoms. The topological polar surface area (TPSA) is 77.7 Å². The van der Waals surface area contributed by atoms with Crippen LogP contribution in [0.3, 0.4) is 0 Å². The van der Waals surface area contributed by atoms with Crippen molar-refractivity contribution in [1.82, 2.24) is 20.2 Å². The highest BCUT2D eigenvalue weighted by Gasteiger charge is 2.18. The van der Waals surface area contributed by atoms with Crippen molar-refractivity contribution in [3.63, 3.8) is 0 Å². The molecule has 2 aromatic carbocycles. The Hall–Kier alpha value is -2.19. The van der Waals surface area contributed by atoms with Crippen molar-refractivity contribution >= 4 is 21.6 Å². The molecule has 0 bridgehead atoms. The van der Waals surface area contributed by atoms with Gasteiger partial charge < -0.3 is 0 Å². The summed E-state index contributed by atoms with van der Waals surface area (Å²) in [6.45, 7) is 5.72. The Morgan fingerprint density at radius 1 is 1.00 bits per heavy atom. The SMILES string of the molecule is Cc1ccc(-n2nnnc2SCCS(=O)(=O)c2cc(C)ccc2C)cc1. The molecule has 0 fully saturated rings. The van der Waals surface area contributed by atoms with Gasteiger partial charge in [-0.15, -0.1) is 5.10 Å². The van der Waals surface area contributed by atoms with E-state index in [1.807, 2.05) is 57.2 Å². The average Bonchev–Trinajstić information content (AvgIpc) is 3.06. The third kappa shape index (κ3) is 4.13. The van der Waals surface area contributed by atoms with E-state index in [-0.39, 0.29) is 5.75 Å². The predicted octanol–water partition coefficient (Wildman–Crippen LogP) is 3.15. The van der Waals surface area contributed by atoms with Crippen LogP contribution in [-0.4, -0.2) is 40.1 Å².